The van der Waals surface area contributed by atoms with E-state index in [-0.39, 0.29) is 0 Å². The van der Waals surface area contributed by atoms with Gasteiger partial charge in [-0.2, -0.15) is 0 Å². The van der Waals surface area contributed by atoms with Crippen LogP contribution in [0.1, 0.15) is 38.7 Å². The molecule has 0 aromatic heterocycles. The monoisotopic (exact) mass is 260 g/mol. The van der Waals surface area contributed by atoms with Crippen molar-refractivity contribution in [3.63, 3.8) is 0 Å². The Labute approximate surface area is 118 Å². The molecule has 1 fully saturated rings. The maximum absolute atomic E-state index is 3.51. The molecule has 1 aliphatic rings. The summed E-state index contributed by atoms with van der Waals surface area (Å²) in [6, 6.07) is 12.4. The lowest BCUT2D eigenvalue weighted by atomic mass is 10.00. The third kappa shape index (κ3) is 4.05. The first-order chi connectivity index (χ1) is 9.35. The number of hydrogen-bond acceptors (Lipinski definition) is 2. The lowest BCUT2D eigenvalue weighted by molar-refractivity contribution is 0.137. The first-order valence-electron chi connectivity index (χ1n) is 7.85. The van der Waals surface area contributed by atoms with Gasteiger partial charge in [-0.1, -0.05) is 44.2 Å². The van der Waals surface area contributed by atoms with Crippen LogP contribution in [0.5, 0.6) is 0 Å². The van der Waals surface area contributed by atoms with E-state index in [0.29, 0.717) is 6.04 Å². The summed E-state index contributed by atoms with van der Waals surface area (Å²) in [6.45, 7) is 8.22. The number of hydrogen-bond donors (Lipinski definition) is 1. The van der Waals surface area contributed by atoms with E-state index in [4.69, 9.17) is 0 Å². The highest BCUT2D eigenvalue weighted by molar-refractivity contribution is 5.16. The molecule has 1 aliphatic heterocycles. The van der Waals surface area contributed by atoms with Gasteiger partial charge in [-0.05, 0) is 44.3 Å². The van der Waals surface area contributed by atoms with Crippen LogP contribution in [0.3, 0.4) is 0 Å². The smallest absolute Gasteiger partial charge is 0.0235 e. The van der Waals surface area contributed by atoms with E-state index < -0.39 is 0 Å². The van der Waals surface area contributed by atoms with Crippen LogP contribution in [-0.4, -0.2) is 36.6 Å². The van der Waals surface area contributed by atoms with Gasteiger partial charge in [-0.15, -0.1) is 0 Å². The summed E-state index contributed by atoms with van der Waals surface area (Å²) in [4.78, 5) is 2.76. The maximum Gasteiger partial charge on any atom is 0.0235 e. The Hall–Kier alpha value is -0.860. The summed E-state index contributed by atoms with van der Waals surface area (Å²) in [6.07, 6.45) is 4.99. The number of nitrogens with one attached hydrogen (secondary N) is 1. The second-order valence-electron chi connectivity index (χ2n) is 5.64. The standard InChI is InChI=1S/C17H28N2/c1-3-12-19(17-10-11-18-14-17)16(4-2)13-15-8-6-5-7-9-15/h5-9,16-18H,3-4,10-14H2,1-2H3. The van der Waals surface area contributed by atoms with Crippen LogP contribution in [0, 0.1) is 0 Å². The van der Waals surface area contributed by atoms with E-state index in [1.807, 2.05) is 0 Å². The Morgan fingerprint density at radius 2 is 2.05 bits per heavy atom. The number of rotatable bonds is 7. The average Bonchev–Trinajstić information content (AvgIpc) is 2.97. The fourth-order valence-corrected chi connectivity index (χ4v) is 3.23. The fraction of sp³-hybridized carbons (Fsp3) is 0.647. The van der Waals surface area contributed by atoms with Gasteiger partial charge in [0.05, 0.1) is 0 Å². The van der Waals surface area contributed by atoms with E-state index in [1.165, 1.54) is 50.9 Å². The minimum absolute atomic E-state index is 0.687. The van der Waals surface area contributed by atoms with Gasteiger partial charge in [0, 0.05) is 18.6 Å². The Morgan fingerprint density at radius 3 is 2.63 bits per heavy atom. The Bertz CT molecular complexity index is 344. The van der Waals surface area contributed by atoms with Crippen molar-refractivity contribution in [1.29, 1.82) is 0 Å². The van der Waals surface area contributed by atoms with Crippen molar-refractivity contribution in [1.82, 2.24) is 10.2 Å². The molecule has 1 heterocycles. The van der Waals surface area contributed by atoms with Gasteiger partial charge >= 0.3 is 0 Å². The highest BCUT2D eigenvalue weighted by Gasteiger charge is 2.27. The van der Waals surface area contributed by atoms with Crippen molar-refractivity contribution in [2.45, 2.75) is 51.6 Å². The third-order valence-corrected chi connectivity index (χ3v) is 4.24. The molecule has 1 N–H and O–H groups in total. The third-order valence-electron chi connectivity index (χ3n) is 4.24. The summed E-state index contributed by atoms with van der Waals surface area (Å²) in [7, 11) is 0. The van der Waals surface area contributed by atoms with E-state index in [1.54, 1.807) is 0 Å². The minimum atomic E-state index is 0.687. The quantitative estimate of drug-likeness (QED) is 0.810. The largest absolute Gasteiger partial charge is 0.315 e. The first-order valence-corrected chi connectivity index (χ1v) is 7.85. The molecule has 0 radical (unpaired) electrons. The van der Waals surface area contributed by atoms with Crippen LogP contribution < -0.4 is 5.32 Å². The summed E-state index contributed by atoms with van der Waals surface area (Å²) < 4.78 is 0. The van der Waals surface area contributed by atoms with E-state index in [2.05, 4.69) is 54.4 Å². The van der Waals surface area contributed by atoms with Crippen molar-refractivity contribution in [3.8, 4) is 0 Å². The van der Waals surface area contributed by atoms with Gasteiger partial charge in [0.15, 0.2) is 0 Å². The molecule has 2 nitrogen and oxygen atoms in total. The molecule has 0 spiro atoms. The van der Waals surface area contributed by atoms with Gasteiger partial charge in [-0.25, -0.2) is 0 Å². The summed E-state index contributed by atoms with van der Waals surface area (Å²) in [5, 5.41) is 3.51. The molecule has 0 aliphatic carbocycles. The average molecular weight is 260 g/mol. The summed E-state index contributed by atoms with van der Waals surface area (Å²) in [5.74, 6) is 0. The van der Waals surface area contributed by atoms with Crippen LogP contribution in [0.25, 0.3) is 0 Å². The maximum atomic E-state index is 3.51. The molecule has 1 aromatic carbocycles. The Morgan fingerprint density at radius 1 is 1.26 bits per heavy atom. The minimum Gasteiger partial charge on any atom is -0.315 e. The van der Waals surface area contributed by atoms with Gasteiger partial charge in [-0.3, -0.25) is 4.90 Å². The van der Waals surface area contributed by atoms with Crippen LogP contribution in [0.4, 0.5) is 0 Å². The van der Waals surface area contributed by atoms with Crippen molar-refractivity contribution in [2.75, 3.05) is 19.6 Å². The van der Waals surface area contributed by atoms with Gasteiger partial charge in [0.2, 0.25) is 0 Å². The second-order valence-corrected chi connectivity index (χ2v) is 5.64. The highest BCUT2D eigenvalue weighted by atomic mass is 15.2. The van der Waals surface area contributed by atoms with Crippen LogP contribution in [-0.2, 0) is 6.42 Å². The summed E-state index contributed by atoms with van der Waals surface area (Å²) in [5.41, 5.74) is 1.47. The predicted octanol–water partition coefficient (Wildman–Crippen LogP) is 3.08. The zero-order valence-electron chi connectivity index (χ0n) is 12.4. The number of nitrogens with zero attached hydrogens (tertiary/aromatic N) is 1. The molecular weight excluding hydrogens is 232 g/mol. The van der Waals surface area contributed by atoms with Crippen molar-refractivity contribution in [2.24, 2.45) is 0 Å². The fourth-order valence-electron chi connectivity index (χ4n) is 3.23. The van der Waals surface area contributed by atoms with E-state index in [0.717, 1.165) is 6.04 Å². The lowest BCUT2D eigenvalue weighted by Crippen LogP contribution is -2.45. The van der Waals surface area contributed by atoms with Crippen molar-refractivity contribution >= 4 is 0 Å². The molecule has 2 unspecified atom stereocenters. The molecule has 1 aromatic rings. The van der Waals surface area contributed by atoms with E-state index in [9.17, 15) is 0 Å². The molecule has 0 saturated carbocycles. The number of benzene rings is 1. The molecule has 2 rings (SSSR count). The van der Waals surface area contributed by atoms with Crippen LogP contribution in [0.15, 0.2) is 30.3 Å². The second kappa shape index (κ2) is 7.66. The molecule has 1 saturated heterocycles. The van der Waals surface area contributed by atoms with Crippen LogP contribution in [0.2, 0.25) is 0 Å². The predicted molar refractivity (Wildman–Crippen MR) is 82.5 cm³/mol. The van der Waals surface area contributed by atoms with Crippen molar-refractivity contribution in [3.05, 3.63) is 35.9 Å². The Balaban J connectivity index is 2.03. The zero-order chi connectivity index (χ0) is 13.5. The SMILES string of the molecule is CCCN(C1CCNC1)C(CC)Cc1ccccc1. The van der Waals surface area contributed by atoms with Crippen molar-refractivity contribution < 1.29 is 0 Å². The van der Waals surface area contributed by atoms with Crippen LogP contribution >= 0.6 is 0 Å². The summed E-state index contributed by atoms with van der Waals surface area (Å²) >= 11 is 0. The van der Waals surface area contributed by atoms with Gasteiger partial charge < -0.3 is 5.32 Å². The molecule has 19 heavy (non-hydrogen) atoms. The molecule has 0 amide bonds. The normalized spacial score (nSPS) is 20.9. The molecule has 0 bridgehead atoms. The molecular formula is C17H28N2. The zero-order valence-corrected chi connectivity index (χ0v) is 12.4. The molecule has 106 valence electrons. The van der Waals surface area contributed by atoms with Gasteiger partial charge in [0.25, 0.3) is 0 Å². The molecule has 2 atom stereocenters. The lowest BCUT2D eigenvalue weighted by Gasteiger charge is -2.35. The topological polar surface area (TPSA) is 15.3 Å². The first kappa shape index (κ1) is 14.5. The van der Waals surface area contributed by atoms with E-state index >= 15 is 0 Å². The van der Waals surface area contributed by atoms with Gasteiger partial charge in [0.1, 0.15) is 0 Å². The highest BCUT2D eigenvalue weighted by Crippen LogP contribution is 2.19. The Kier molecular flexibility index (Phi) is 5.87. The molecule has 2 heteroatoms.